The van der Waals surface area contributed by atoms with E-state index in [1.807, 2.05) is 0 Å². The number of aromatic nitrogens is 2. The predicted octanol–water partition coefficient (Wildman–Crippen LogP) is 2.03. The lowest BCUT2D eigenvalue weighted by Crippen LogP contribution is -2.02. The Bertz CT molecular complexity index is 448. The summed E-state index contributed by atoms with van der Waals surface area (Å²) in [7, 11) is 0. The van der Waals surface area contributed by atoms with Crippen molar-refractivity contribution in [3.05, 3.63) is 30.6 Å². The van der Waals surface area contributed by atoms with E-state index in [0.717, 1.165) is 0 Å². The highest BCUT2D eigenvalue weighted by Crippen LogP contribution is 2.17. The first kappa shape index (κ1) is 8.80. The molecule has 0 aromatic carbocycles. The maximum absolute atomic E-state index is 11.8. The average Bonchev–Trinajstić information content (AvgIpc) is 2.17. The van der Waals surface area contributed by atoms with Crippen LogP contribution in [0.4, 0.5) is 8.78 Å². The monoisotopic (exact) mass is 195 g/mol. The molecule has 0 saturated carbocycles. The Labute approximate surface area is 78.4 Å². The molecule has 0 saturated heterocycles. The highest BCUT2D eigenvalue weighted by Gasteiger charge is 2.05. The molecule has 5 heteroatoms. The first-order valence-electron chi connectivity index (χ1n) is 3.83. The Balaban J connectivity index is 2.41. The highest BCUT2D eigenvalue weighted by molar-refractivity contribution is 5.74. The van der Waals surface area contributed by atoms with Crippen molar-refractivity contribution in [3.8, 4) is 5.75 Å². The van der Waals surface area contributed by atoms with Gasteiger partial charge in [0, 0.05) is 6.07 Å². The van der Waals surface area contributed by atoms with E-state index in [1.54, 1.807) is 12.1 Å². The number of pyridine rings is 2. The van der Waals surface area contributed by atoms with Crippen LogP contribution in [0.1, 0.15) is 0 Å². The molecule has 0 atom stereocenters. The van der Waals surface area contributed by atoms with Gasteiger partial charge < -0.3 is 4.74 Å². The van der Waals surface area contributed by atoms with Gasteiger partial charge in [-0.3, -0.25) is 4.98 Å². The number of nitrogens with zero attached hydrogens (tertiary/aromatic N) is 2. The molecule has 0 amide bonds. The summed E-state index contributed by atoms with van der Waals surface area (Å²) >= 11 is 0. The van der Waals surface area contributed by atoms with Crippen molar-refractivity contribution in [2.45, 2.75) is 6.61 Å². The van der Waals surface area contributed by atoms with Crippen LogP contribution in [0.2, 0.25) is 0 Å². The molecule has 0 unspecified atom stereocenters. The van der Waals surface area contributed by atoms with Gasteiger partial charge in [0.2, 0.25) is 0 Å². The number of ether oxygens (including phenoxy) is 1. The van der Waals surface area contributed by atoms with Crippen LogP contribution in [-0.2, 0) is 0 Å². The van der Waals surface area contributed by atoms with Crippen molar-refractivity contribution >= 4 is 11.0 Å². The third-order valence-corrected chi connectivity index (χ3v) is 1.60. The van der Waals surface area contributed by atoms with Gasteiger partial charge in [-0.2, -0.15) is 8.78 Å². The maximum Gasteiger partial charge on any atom is 0.387 e. The van der Waals surface area contributed by atoms with Crippen LogP contribution < -0.4 is 4.74 Å². The molecular weight excluding hydrogens is 190 g/mol. The zero-order valence-electron chi connectivity index (χ0n) is 6.95. The molecule has 3 nitrogen and oxygen atoms in total. The van der Waals surface area contributed by atoms with Crippen molar-refractivity contribution in [3.63, 3.8) is 0 Å². The fourth-order valence-electron chi connectivity index (χ4n) is 1.05. The van der Waals surface area contributed by atoms with Crippen LogP contribution in [0.3, 0.4) is 0 Å². The second kappa shape index (κ2) is 3.53. The molecule has 2 aromatic rings. The van der Waals surface area contributed by atoms with E-state index in [9.17, 15) is 8.78 Å². The van der Waals surface area contributed by atoms with Gasteiger partial charge in [0.05, 0.1) is 23.4 Å². The van der Waals surface area contributed by atoms with E-state index in [4.69, 9.17) is 0 Å². The summed E-state index contributed by atoms with van der Waals surface area (Å²) in [6, 6.07) is 4.68. The van der Waals surface area contributed by atoms with Crippen LogP contribution in [0.5, 0.6) is 5.75 Å². The Kier molecular flexibility index (Phi) is 2.22. The topological polar surface area (TPSA) is 35.0 Å². The SMILES string of the molecule is FC(F)Oc1cnc2cc[c]nc2c1. The van der Waals surface area contributed by atoms with Crippen molar-refractivity contribution in [1.82, 2.24) is 9.97 Å². The summed E-state index contributed by atoms with van der Waals surface area (Å²) in [5.41, 5.74) is 1.09. The average molecular weight is 195 g/mol. The molecule has 14 heavy (non-hydrogen) atoms. The highest BCUT2D eigenvalue weighted by atomic mass is 19.3. The summed E-state index contributed by atoms with van der Waals surface area (Å²) in [5, 5.41) is 0. The van der Waals surface area contributed by atoms with E-state index >= 15 is 0 Å². The zero-order chi connectivity index (χ0) is 9.97. The number of rotatable bonds is 2. The lowest BCUT2D eigenvalue weighted by molar-refractivity contribution is -0.0499. The first-order valence-corrected chi connectivity index (χ1v) is 3.83. The summed E-state index contributed by atoms with van der Waals surface area (Å²) in [5.74, 6) is -0.000370. The van der Waals surface area contributed by atoms with Crippen LogP contribution in [0.15, 0.2) is 24.4 Å². The van der Waals surface area contributed by atoms with Gasteiger partial charge in [0.15, 0.2) is 0 Å². The normalized spacial score (nSPS) is 10.8. The minimum absolute atomic E-state index is 0.000370. The second-order valence-corrected chi connectivity index (χ2v) is 2.53. The third kappa shape index (κ3) is 1.76. The van der Waals surface area contributed by atoms with Crippen LogP contribution in [-0.4, -0.2) is 16.6 Å². The quantitative estimate of drug-likeness (QED) is 0.735. The van der Waals surface area contributed by atoms with Gasteiger partial charge in [-0.25, -0.2) is 4.98 Å². The minimum atomic E-state index is -2.85. The zero-order valence-corrected chi connectivity index (χ0v) is 6.95. The summed E-state index contributed by atoms with van der Waals surface area (Å²) in [6.45, 7) is -2.85. The van der Waals surface area contributed by atoms with Crippen molar-refractivity contribution < 1.29 is 13.5 Å². The van der Waals surface area contributed by atoms with Crippen molar-refractivity contribution in [2.24, 2.45) is 0 Å². The van der Waals surface area contributed by atoms with Gasteiger partial charge in [-0.05, 0) is 12.1 Å². The molecule has 2 rings (SSSR count). The van der Waals surface area contributed by atoms with Gasteiger partial charge in [0.1, 0.15) is 5.75 Å². The Hall–Kier alpha value is -1.78. The standard InChI is InChI=1S/C9H5F2N2O/c10-9(11)14-6-4-8-7(13-5-6)2-1-3-12-8/h1-2,4-5,9H. The van der Waals surface area contributed by atoms with E-state index in [0.29, 0.717) is 11.0 Å². The van der Waals surface area contributed by atoms with Gasteiger partial charge in [-0.1, -0.05) is 0 Å². The first-order chi connectivity index (χ1) is 6.75. The summed E-state index contributed by atoms with van der Waals surface area (Å²) in [4.78, 5) is 7.73. The molecule has 0 N–H and O–H groups in total. The molecule has 2 aromatic heterocycles. The third-order valence-electron chi connectivity index (χ3n) is 1.60. The van der Waals surface area contributed by atoms with Gasteiger partial charge in [0.25, 0.3) is 0 Å². The minimum Gasteiger partial charge on any atom is -0.433 e. The molecule has 0 bridgehead atoms. The van der Waals surface area contributed by atoms with Crippen LogP contribution in [0, 0.1) is 6.20 Å². The molecule has 0 aliphatic carbocycles. The lowest BCUT2D eigenvalue weighted by atomic mass is 10.3. The second-order valence-electron chi connectivity index (χ2n) is 2.53. The number of hydrogen-bond acceptors (Lipinski definition) is 3. The van der Waals surface area contributed by atoms with E-state index < -0.39 is 6.61 Å². The van der Waals surface area contributed by atoms with Crippen LogP contribution in [0.25, 0.3) is 11.0 Å². The fourth-order valence-corrected chi connectivity index (χ4v) is 1.05. The molecule has 0 fully saturated rings. The van der Waals surface area contributed by atoms with Gasteiger partial charge >= 0.3 is 6.61 Å². The summed E-state index contributed by atoms with van der Waals surface area (Å²) in [6.07, 6.45) is 3.82. The Morgan fingerprint density at radius 2 is 2.21 bits per heavy atom. The van der Waals surface area contributed by atoms with E-state index in [2.05, 4.69) is 20.9 Å². The molecule has 0 aliphatic heterocycles. The fraction of sp³-hybridized carbons (Fsp3) is 0.111. The van der Waals surface area contributed by atoms with E-state index in [1.165, 1.54) is 12.3 Å². The number of hydrogen-bond donors (Lipinski definition) is 0. The molecule has 71 valence electrons. The molecule has 0 aliphatic rings. The smallest absolute Gasteiger partial charge is 0.387 e. The van der Waals surface area contributed by atoms with Crippen LogP contribution >= 0.6 is 0 Å². The van der Waals surface area contributed by atoms with Crippen molar-refractivity contribution in [1.29, 1.82) is 0 Å². The maximum atomic E-state index is 11.8. The Morgan fingerprint density at radius 3 is 3.00 bits per heavy atom. The number of alkyl halides is 2. The number of halogens is 2. The van der Waals surface area contributed by atoms with Gasteiger partial charge in [-0.15, -0.1) is 0 Å². The molecule has 0 spiro atoms. The molecule has 1 radical (unpaired) electrons. The lowest BCUT2D eigenvalue weighted by Gasteiger charge is -2.03. The van der Waals surface area contributed by atoms with E-state index in [-0.39, 0.29) is 5.75 Å². The predicted molar refractivity (Wildman–Crippen MR) is 45.0 cm³/mol. The largest absolute Gasteiger partial charge is 0.433 e. The Morgan fingerprint density at radius 1 is 1.36 bits per heavy atom. The molecule has 2 heterocycles. The summed E-state index contributed by atoms with van der Waals surface area (Å²) < 4.78 is 27.9. The molecular formula is C9H5F2N2O. The number of fused-ring (bicyclic) bond motifs is 1. The van der Waals surface area contributed by atoms with Crippen molar-refractivity contribution in [2.75, 3.05) is 0 Å².